The van der Waals surface area contributed by atoms with Gasteiger partial charge in [-0.1, -0.05) is 5.92 Å². The maximum Gasteiger partial charge on any atom is 0.0211 e. The molecule has 0 unspecified atom stereocenters. The van der Waals surface area contributed by atoms with E-state index in [1.807, 2.05) is 0 Å². The van der Waals surface area contributed by atoms with Crippen LogP contribution < -0.4 is 0 Å². The maximum absolute atomic E-state index is 3.20. The largest absolute Gasteiger partial charge is 0.0885 e. The van der Waals surface area contributed by atoms with Gasteiger partial charge in [-0.2, -0.15) is 0 Å². The first-order valence-electron chi connectivity index (χ1n) is 3.36. The highest BCUT2D eigenvalue weighted by atomic mass is 127. The summed E-state index contributed by atoms with van der Waals surface area (Å²) in [5.41, 5.74) is 0. The van der Waals surface area contributed by atoms with Gasteiger partial charge in [0.2, 0.25) is 0 Å². The molecule has 0 saturated heterocycles. The van der Waals surface area contributed by atoms with Crippen molar-refractivity contribution in [1.82, 2.24) is 0 Å². The third kappa shape index (κ3) is 2.57. The van der Waals surface area contributed by atoms with E-state index in [0.29, 0.717) is 5.92 Å². The van der Waals surface area contributed by atoms with Crippen LogP contribution in [0.25, 0.3) is 0 Å². The molecule has 1 aliphatic carbocycles. The van der Waals surface area contributed by atoms with E-state index in [2.05, 4.69) is 38.9 Å². The van der Waals surface area contributed by atoms with Crippen LogP contribution in [-0.2, 0) is 0 Å². The highest BCUT2D eigenvalue weighted by Crippen LogP contribution is 2.21. The molecule has 0 nitrogen and oxygen atoms in total. The smallest absolute Gasteiger partial charge is 0.0211 e. The Morgan fingerprint density at radius 3 is 2.56 bits per heavy atom. The SMILES string of the molecule is IC#CC1CC[CH]CC1. The molecule has 1 saturated carbocycles. The summed E-state index contributed by atoms with van der Waals surface area (Å²) in [5.74, 6) is 3.90. The van der Waals surface area contributed by atoms with Crippen molar-refractivity contribution in [2.45, 2.75) is 25.7 Å². The summed E-state index contributed by atoms with van der Waals surface area (Å²) in [6, 6.07) is 0. The van der Waals surface area contributed by atoms with Crippen molar-refractivity contribution in [3.05, 3.63) is 6.42 Å². The van der Waals surface area contributed by atoms with E-state index in [-0.39, 0.29) is 0 Å². The molecule has 0 atom stereocenters. The zero-order valence-corrected chi connectivity index (χ0v) is 7.52. The summed E-state index contributed by atoms with van der Waals surface area (Å²) < 4.78 is 2.94. The Hall–Kier alpha value is 0.290. The molecule has 1 radical (unpaired) electrons. The van der Waals surface area contributed by atoms with Crippen molar-refractivity contribution in [3.63, 3.8) is 0 Å². The van der Waals surface area contributed by atoms with Crippen LogP contribution in [-0.4, -0.2) is 0 Å². The second kappa shape index (κ2) is 4.16. The van der Waals surface area contributed by atoms with Crippen LogP contribution in [0.3, 0.4) is 0 Å². The van der Waals surface area contributed by atoms with E-state index >= 15 is 0 Å². The van der Waals surface area contributed by atoms with Gasteiger partial charge in [-0.05, 0) is 36.0 Å². The van der Waals surface area contributed by atoms with Crippen molar-refractivity contribution in [1.29, 1.82) is 0 Å². The van der Waals surface area contributed by atoms with Gasteiger partial charge in [0.05, 0.1) is 0 Å². The zero-order valence-electron chi connectivity index (χ0n) is 5.36. The van der Waals surface area contributed by atoms with Gasteiger partial charge in [0, 0.05) is 28.5 Å². The lowest BCUT2D eigenvalue weighted by molar-refractivity contribution is 0.497. The lowest BCUT2D eigenvalue weighted by Crippen LogP contribution is -2.03. The van der Waals surface area contributed by atoms with Crippen LogP contribution in [0.5, 0.6) is 0 Å². The van der Waals surface area contributed by atoms with Crippen LogP contribution >= 0.6 is 22.6 Å². The summed E-state index contributed by atoms with van der Waals surface area (Å²) in [5, 5.41) is 0. The Bertz CT molecular complexity index is 123. The van der Waals surface area contributed by atoms with E-state index in [0.717, 1.165) is 0 Å². The van der Waals surface area contributed by atoms with Gasteiger partial charge in [0.1, 0.15) is 0 Å². The molecule has 0 amide bonds. The second-order valence-corrected chi connectivity index (χ2v) is 2.92. The Balaban J connectivity index is 2.28. The first-order chi connectivity index (χ1) is 4.43. The maximum atomic E-state index is 3.20. The van der Waals surface area contributed by atoms with Crippen LogP contribution in [0, 0.1) is 22.2 Å². The third-order valence-corrected chi connectivity index (χ3v) is 2.01. The van der Waals surface area contributed by atoms with Crippen molar-refractivity contribution in [3.8, 4) is 9.85 Å². The zero-order chi connectivity index (χ0) is 6.53. The fourth-order valence-corrected chi connectivity index (χ4v) is 1.59. The Kier molecular flexibility index (Phi) is 3.42. The van der Waals surface area contributed by atoms with Crippen LogP contribution in [0.2, 0.25) is 0 Å². The first kappa shape index (κ1) is 7.40. The lowest BCUT2D eigenvalue weighted by atomic mass is 9.90. The Labute approximate surface area is 70.5 Å². The fourth-order valence-electron chi connectivity index (χ4n) is 1.15. The van der Waals surface area contributed by atoms with E-state index in [9.17, 15) is 0 Å². The molecule has 0 aromatic carbocycles. The van der Waals surface area contributed by atoms with Gasteiger partial charge in [0.25, 0.3) is 0 Å². The first-order valence-corrected chi connectivity index (χ1v) is 4.44. The Morgan fingerprint density at radius 2 is 2.00 bits per heavy atom. The average Bonchev–Trinajstić information content (AvgIpc) is 1.91. The molecule has 0 bridgehead atoms. The van der Waals surface area contributed by atoms with Crippen LogP contribution in [0.4, 0.5) is 0 Å². The van der Waals surface area contributed by atoms with Gasteiger partial charge in [-0.15, -0.1) is 0 Å². The molecule has 1 aliphatic rings. The summed E-state index contributed by atoms with van der Waals surface area (Å²) in [7, 11) is 0. The quantitative estimate of drug-likeness (QED) is 0.445. The molecule has 49 valence electrons. The number of hydrogen-bond donors (Lipinski definition) is 0. The highest BCUT2D eigenvalue weighted by Gasteiger charge is 2.09. The monoisotopic (exact) mass is 233 g/mol. The molecule has 0 heterocycles. The molecule has 0 aliphatic heterocycles. The molecule has 1 fully saturated rings. The van der Waals surface area contributed by atoms with Crippen LogP contribution in [0.15, 0.2) is 0 Å². The summed E-state index contributed by atoms with van der Waals surface area (Å²) in [6.45, 7) is 0. The molecule has 1 heteroatoms. The van der Waals surface area contributed by atoms with E-state index in [4.69, 9.17) is 0 Å². The van der Waals surface area contributed by atoms with E-state index in [1.165, 1.54) is 25.7 Å². The minimum absolute atomic E-state index is 0.701. The predicted molar refractivity (Wildman–Crippen MR) is 48.1 cm³/mol. The van der Waals surface area contributed by atoms with Gasteiger partial charge in [-0.25, -0.2) is 0 Å². The van der Waals surface area contributed by atoms with Crippen molar-refractivity contribution in [2.75, 3.05) is 0 Å². The topological polar surface area (TPSA) is 0 Å². The molecule has 9 heavy (non-hydrogen) atoms. The minimum atomic E-state index is 0.701. The van der Waals surface area contributed by atoms with Gasteiger partial charge < -0.3 is 0 Å². The molecule has 0 N–H and O–H groups in total. The molecule has 1 rings (SSSR count). The summed E-state index contributed by atoms with van der Waals surface area (Å²) in [6.07, 6.45) is 7.49. The summed E-state index contributed by atoms with van der Waals surface area (Å²) in [4.78, 5) is 0. The van der Waals surface area contributed by atoms with Crippen molar-refractivity contribution < 1.29 is 0 Å². The normalized spacial score (nSPS) is 20.6. The van der Waals surface area contributed by atoms with Crippen LogP contribution in [0.1, 0.15) is 25.7 Å². The highest BCUT2D eigenvalue weighted by molar-refractivity contribution is 14.1. The molecule has 0 aromatic heterocycles. The summed E-state index contributed by atoms with van der Waals surface area (Å²) >= 11 is 2.12. The molecular formula is C8H10I. The fraction of sp³-hybridized carbons (Fsp3) is 0.625. The number of rotatable bonds is 0. The molecule has 0 spiro atoms. The van der Waals surface area contributed by atoms with E-state index < -0.39 is 0 Å². The van der Waals surface area contributed by atoms with Gasteiger partial charge in [-0.3, -0.25) is 0 Å². The third-order valence-electron chi connectivity index (χ3n) is 1.70. The lowest BCUT2D eigenvalue weighted by Gasteiger charge is -2.14. The number of halogens is 1. The minimum Gasteiger partial charge on any atom is -0.0885 e. The van der Waals surface area contributed by atoms with Crippen molar-refractivity contribution in [2.24, 2.45) is 5.92 Å². The van der Waals surface area contributed by atoms with Gasteiger partial charge in [0.15, 0.2) is 0 Å². The molecular weight excluding hydrogens is 223 g/mol. The van der Waals surface area contributed by atoms with Crippen molar-refractivity contribution >= 4 is 22.6 Å². The van der Waals surface area contributed by atoms with E-state index in [1.54, 1.807) is 0 Å². The van der Waals surface area contributed by atoms with Gasteiger partial charge >= 0.3 is 0 Å². The molecule has 0 aromatic rings. The average molecular weight is 233 g/mol. The second-order valence-electron chi connectivity index (χ2n) is 2.38. The Morgan fingerprint density at radius 1 is 1.33 bits per heavy atom. The predicted octanol–water partition coefficient (Wildman–Crippen LogP) is 2.78. The standard InChI is InChI=1S/C8H10I/c9-7-6-8-4-2-1-3-5-8/h1,8H,2-5H2. The number of hydrogen-bond acceptors (Lipinski definition) is 0.